The molecule has 28 heavy (non-hydrogen) atoms. The summed E-state index contributed by atoms with van der Waals surface area (Å²) in [6.07, 6.45) is -4.67. The molecule has 2 aromatic rings. The summed E-state index contributed by atoms with van der Waals surface area (Å²) in [5.41, 5.74) is 1.30. The largest absolute Gasteiger partial charge is 0.417 e. The lowest BCUT2D eigenvalue weighted by Crippen LogP contribution is -2.37. The zero-order valence-corrected chi connectivity index (χ0v) is 15.9. The van der Waals surface area contributed by atoms with E-state index >= 15 is 0 Å². The van der Waals surface area contributed by atoms with E-state index < -0.39 is 37.3 Å². The molecule has 1 aliphatic heterocycles. The molecule has 0 N–H and O–H groups in total. The highest BCUT2D eigenvalue weighted by atomic mass is 32.2. The van der Waals surface area contributed by atoms with Gasteiger partial charge in [-0.3, -0.25) is 10.1 Å². The Morgan fingerprint density at radius 2 is 1.82 bits per heavy atom. The van der Waals surface area contributed by atoms with E-state index in [1.807, 2.05) is 26.0 Å². The molecule has 0 bridgehead atoms. The molecule has 0 aliphatic carbocycles. The van der Waals surface area contributed by atoms with E-state index in [0.717, 1.165) is 32.6 Å². The van der Waals surface area contributed by atoms with Gasteiger partial charge in [0, 0.05) is 25.2 Å². The number of nitrogens with zero attached hydrogens (tertiary/aromatic N) is 2. The molecule has 0 fully saturated rings. The SMILES string of the molecule is Cc1cc(C)c2c(c1)CCN(S(=O)(=O)c1ccc([N+](=O)[O-])cc1C(F)(F)F)C2. The number of rotatable bonds is 3. The first-order valence-electron chi connectivity index (χ1n) is 8.36. The van der Waals surface area contributed by atoms with Crippen LogP contribution in [0.1, 0.15) is 27.8 Å². The van der Waals surface area contributed by atoms with E-state index in [2.05, 4.69) is 0 Å². The molecule has 0 radical (unpaired) electrons. The summed E-state index contributed by atoms with van der Waals surface area (Å²) in [4.78, 5) is 8.86. The second-order valence-electron chi connectivity index (χ2n) is 6.74. The van der Waals surface area contributed by atoms with Crippen LogP contribution in [0.15, 0.2) is 35.2 Å². The summed E-state index contributed by atoms with van der Waals surface area (Å²) in [5.74, 6) is 0. The van der Waals surface area contributed by atoms with Crippen LogP contribution >= 0.6 is 0 Å². The van der Waals surface area contributed by atoms with E-state index in [-0.39, 0.29) is 19.2 Å². The number of halogens is 3. The monoisotopic (exact) mass is 414 g/mol. The fourth-order valence-electron chi connectivity index (χ4n) is 3.46. The lowest BCUT2D eigenvalue weighted by molar-refractivity contribution is -0.385. The average Bonchev–Trinajstić information content (AvgIpc) is 2.59. The lowest BCUT2D eigenvalue weighted by Gasteiger charge is -2.30. The summed E-state index contributed by atoms with van der Waals surface area (Å²) in [5, 5.41) is 10.8. The van der Waals surface area contributed by atoms with Crippen LogP contribution in [0, 0.1) is 24.0 Å². The first-order chi connectivity index (χ1) is 12.9. The van der Waals surface area contributed by atoms with E-state index in [1.54, 1.807) is 0 Å². The number of non-ortho nitro benzene ring substituents is 1. The van der Waals surface area contributed by atoms with Gasteiger partial charge >= 0.3 is 6.18 Å². The molecular formula is C18H17F3N2O4S. The molecule has 0 amide bonds. The molecule has 0 saturated heterocycles. The Hall–Kier alpha value is -2.46. The second-order valence-corrected chi connectivity index (χ2v) is 8.65. The highest BCUT2D eigenvalue weighted by Gasteiger charge is 2.41. The van der Waals surface area contributed by atoms with Crippen molar-refractivity contribution in [2.24, 2.45) is 0 Å². The minimum absolute atomic E-state index is 0.0342. The number of hydrogen-bond donors (Lipinski definition) is 0. The number of nitro benzene ring substituents is 1. The molecule has 0 unspecified atom stereocenters. The maximum absolute atomic E-state index is 13.4. The smallest absolute Gasteiger partial charge is 0.258 e. The van der Waals surface area contributed by atoms with Crippen LogP contribution in [0.4, 0.5) is 18.9 Å². The molecule has 0 atom stereocenters. The Labute approximate surface area is 159 Å². The van der Waals surface area contributed by atoms with Crippen LogP contribution in [0.3, 0.4) is 0 Å². The summed E-state index contributed by atoms with van der Waals surface area (Å²) >= 11 is 0. The van der Waals surface area contributed by atoms with Crippen LogP contribution in [-0.4, -0.2) is 24.2 Å². The zero-order valence-electron chi connectivity index (χ0n) is 15.1. The fraction of sp³-hybridized carbons (Fsp3) is 0.333. The molecule has 2 aromatic carbocycles. The standard InChI is InChI=1S/C18H17F3N2O4S/c1-11-7-12(2)15-10-22(6-5-13(15)8-11)28(26,27)17-4-3-14(23(24)25)9-16(17)18(19,20)21/h3-4,7-9H,5-6,10H2,1-2H3. The minimum atomic E-state index is -5.05. The van der Waals surface area contributed by atoms with Crippen LogP contribution in [0.25, 0.3) is 0 Å². The van der Waals surface area contributed by atoms with Crippen LogP contribution in [0.2, 0.25) is 0 Å². The first kappa shape index (κ1) is 20.3. The van der Waals surface area contributed by atoms with Gasteiger partial charge in [-0.1, -0.05) is 17.7 Å². The molecule has 3 rings (SSSR count). The highest BCUT2D eigenvalue weighted by Crippen LogP contribution is 2.38. The predicted molar refractivity (Wildman–Crippen MR) is 95.3 cm³/mol. The van der Waals surface area contributed by atoms with Crippen molar-refractivity contribution >= 4 is 15.7 Å². The maximum Gasteiger partial charge on any atom is 0.417 e. The minimum Gasteiger partial charge on any atom is -0.258 e. The third kappa shape index (κ3) is 3.61. The molecule has 0 spiro atoms. The molecule has 150 valence electrons. The summed E-state index contributed by atoms with van der Waals surface area (Å²) in [6, 6.07) is 5.53. The Bertz CT molecular complexity index is 1070. The number of aryl methyl sites for hydroxylation is 2. The number of sulfonamides is 1. The van der Waals surface area contributed by atoms with Gasteiger partial charge in [0.05, 0.1) is 15.4 Å². The molecule has 1 aliphatic rings. The number of benzene rings is 2. The summed E-state index contributed by atoms with van der Waals surface area (Å²) in [7, 11) is -4.50. The Balaban J connectivity index is 2.08. The van der Waals surface area contributed by atoms with Gasteiger partial charge in [-0.15, -0.1) is 0 Å². The van der Waals surface area contributed by atoms with Crippen molar-refractivity contribution in [2.45, 2.75) is 37.9 Å². The third-order valence-electron chi connectivity index (χ3n) is 4.77. The second kappa shape index (κ2) is 6.85. The van der Waals surface area contributed by atoms with E-state index in [9.17, 15) is 31.7 Å². The topological polar surface area (TPSA) is 80.5 Å². The van der Waals surface area contributed by atoms with Gasteiger partial charge in [0.25, 0.3) is 5.69 Å². The van der Waals surface area contributed by atoms with Gasteiger partial charge in [0.15, 0.2) is 0 Å². The number of hydrogen-bond acceptors (Lipinski definition) is 4. The van der Waals surface area contributed by atoms with Crippen LogP contribution in [-0.2, 0) is 29.2 Å². The van der Waals surface area contributed by atoms with Crippen molar-refractivity contribution < 1.29 is 26.5 Å². The lowest BCUT2D eigenvalue weighted by atomic mass is 9.94. The number of nitro groups is 1. The van der Waals surface area contributed by atoms with Gasteiger partial charge in [0.1, 0.15) is 0 Å². The Morgan fingerprint density at radius 1 is 1.14 bits per heavy atom. The quantitative estimate of drug-likeness (QED) is 0.562. The van der Waals surface area contributed by atoms with E-state index in [0.29, 0.717) is 12.5 Å². The fourth-order valence-corrected chi connectivity index (χ4v) is 5.06. The van der Waals surface area contributed by atoms with Crippen molar-refractivity contribution in [1.29, 1.82) is 0 Å². The van der Waals surface area contributed by atoms with Gasteiger partial charge in [-0.2, -0.15) is 17.5 Å². The molecular weight excluding hydrogens is 397 g/mol. The van der Waals surface area contributed by atoms with E-state index in [1.165, 1.54) is 0 Å². The predicted octanol–water partition coefficient (Wildman–Crippen LogP) is 3.98. The van der Waals surface area contributed by atoms with Crippen molar-refractivity contribution in [3.05, 3.63) is 68.3 Å². The molecule has 0 saturated carbocycles. The summed E-state index contributed by atoms with van der Waals surface area (Å²) < 4.78 is 67.2. The normalized spacial score (nSPS) is 15.3. The van der Waals surface area contributed by atoms with Crippen molar-refractivity contribution in [3.63, 3.8) is 0 Å². The van der Waals surface area contributed by atoms with E-state index in [4.69, 9.17) is 0 Å². The van der Waals surface area contributed by atoms with Crippen LogP contribution in [0.5, 0.6) is 0 Å². The van der Waals surface area contributed by atoms with Gasteiger partial charge < -0.3 is 0 Å². The van der Waals surface area contributed by atoms with Crippen molar-refractivity contribution in [3.8, 4) is 0 Å². The van der Waals surface area contributed by atoms with Crippen molar-refractivity contribution in [1.82, 2.24) is 4.31 Å². The maximum atomic E-state index is 13.4. The average molecular weight is 414 g/mol. The molecule has 0 aromatic heterocycles. The Kier molecular flexibility index (Phi) is 4.96. The summed E-state index contributed by atoms with van der Waals surface area (Å²) in [6.45, 7) is 3.74. The molecule has 1 heterocycles. The zero-order chi connectivity index (χ0) is 20.9. The third-order valence-corrected chi connectivity index (χ3v) is 6.68. The van der Waals surface area contributed by atoms with Crippen LogP contribution < -0.4 is 0 Å². The first-order valence-corrected chi connectivity index (χ1v) is 9.80. The highest BCUT2D eigenvalue weighted by molar-refractivity contribution is 7.89. The molecule has 6 nitrogen and oxygen atoms in total. The number of fused-ring (bicyclic) bond motifs is 1. The van der Waals surface area contributed by atoms with Gasteiger partial charge in [-0.05, 0) is 43.0 Å². The Morgan fingerprint density at radius 3 is 2.43 bits per heavy atom. The van der Waals surface area contributed by atoms with Gasteiger partial charge in [0.2, 0.25) is 10.0 Å². The molecule has 10 heteroatoms. The van der Waals surface area contributed by atoms with Crippen molar-refractivity contribution in [2.75, 3.05) is 6.54 Å². The number of alkyl halides is 3. The van der Waals surface area contributed by atoms with Gasteiger partial charge in [-0.25, -0.2) is 8.42 Å².